The zero-order valence-electron chi connectivity index (χ0n) is 14.5. The number of halogens is 3. The van der Waals surface area contributed by atoms with E-state index in [1.54, 1.807) is 24.3 Å². The van der Waals surface area contributed by atoms with Gasteiger partial charge in [0.1, 0.15) is 12.3 Å². The second-order valence-corrected chi connectivity index (χ2v) is 6.30. The van der Waals surface area contributed by atoms with Gasteiger partial charge in [-0.2, -0.15) is 0 Å². The number of guanidine groups is 1. The Morgan fingerprint density at radius 3 is 2.48 bits per heavy atom. The van der Waals surface area contributed by atoms with Gasteiger partial charge in [-0.1, -0.05) is 23.2 Å². The number of furan rings is 1. The third kappa shape index (κ3) is 7.57. The van der Waals surface area contributed by atoms with E-state index in [1.165, 1.54) is 6.07 Å². The lowest BCUT2D eigenvalue weighted by atomic mass is 10.1. The Labute approximate surface area is 184 Å². The first-order chi connectivity index (χ1) is 12.4. The number of aliphatic hydroxyl groups excluding tert-OH is 1. The predicted molar refractivity (Wildman–Crippen MR) is 117 cm³/mol. The number of nitrogens with one attached hydrogen (secondary N) is 2. The summed E-state index contributed by atoms with van der Waals surface area (Å²) in [7, 11) is 0. The molecule has 2 rings (SSSR count). The number of hydrogen-bond acceptors (Lipinski definition) is 4. The second kappa shape index (κ2) is 11.4. The zero-order valence-corrected chi connectivity index (χ0v) is 18.4. The van der Waals surface area contributed by atoms with Crippen molar-refractivity contribution in [3.8, 4) is 0 Å². The summed E-state index contributed by atoms with van der Waals surface area (Å²) in [6, 6.07) is 8.04. The number of benzene rings is 1. The fourth-order valence-corrected chi connectivity index (χ4v) is 2.72. The average molecular weight is 527 g/mol. The lowest BCUT2D eigenvalue weighted by Gasteiger charge is -2.16. The normalized spacial score (nSPS) is 12.2. The Morgan fingerprint density at radius 1 is 1.26 bits per heavy atom. The molecule has 0 aliphatic carbocycles. The lowest BCUT2D eigenvalue weighted by molar-refractivity contribution is 0.0972. The van der Waals surface area contributed by atoms with E-state index in [-0.39, 0.29) is 42.8 Å². The van der Waals surface area contributed by atoms with Crippen LogP contribution in [0.4, 0.5) is 0 Å². The largest absolute Gasteiger partial charge is 0.454 e. The maximum absolute atomic E-state index is 11.0. The molecule has 1 aromatic carbocycles. The molecule has 1 heterocycles. The van der Waals surface area contributed by atoms with Gasteiger partial charge in [0.25, 0.3) is 5.91 Å². The van der Waals surface area contributed by atoms with E-state index in [0.717, 1.165) is 0 Å². The molecule has 27 heavy (non-hydrogen) atoms. The van der Waals surface area contributed by atoms with Gasteiger partial charge in [-0.05, 0) is 42.8 Å². The SMILES string of the molecule is CCNC(=NCc1ccc(C(N)=O)o1)NCC(O)c1cc(Cl)cc(Cl)c1.I. The minimum atomic E-state index is -0.819. The van der Waals surface area contributed by atoms with Gasteiger partial charge in [0.2, 0.25) is 0 Å². The Bertz CT molecular complexity index is 778. The molecule has 0 aliphatic heterocycles. The summed E-state index contributed by atoms with van der Waals surface area (Å²) in [5.74, 6) is 0.435. The molecule has 1 unspecified atom stereocenters. The number of nitrogens with two attached hydrogens (primary N) is 1. The number of carbonyl (C=O) groups is 1. The quantitative estimate of drug-likeness (QED) is 0.251. The molecular weight excluding hydrogens is 506 g/mol. The topological polar surface area (TPSA) is 113 Å². The van der Waals surface area contributed by atoms with Crippen LogP contribution in [0.2, 0.25) is 10.0 Å². The van der Waals surface area contributed by atoms with Crippen molar-refractivity contribution < 1.29 is 14.3 Å². The van der Waals surface area contributed by atoms with Crippen molar-refractivity contribution in [1.82, 2.24) is 10.6 Å². The molecule has 0 saturated heterocycles. The van der Waals surface area contributed by atoms with Crippen molar-refractivity contribution in [2.24, 2.45) is 10.7 Å². The lowest BCUT2D eigenvalue weighted by Crippen LogP contribution is -2.39. The molecule has 10 heteroatoms. The van der Waals surface area contributed by atoms with Gasteiger partial charge < -0.3 is 25.9 Å². The molecule has 0 aliphatic rings. The predicted octanol–water partition coefficient (Wildman–Crippen LogP) is 3.09. The molecule has 7 nitrogen and oxygen atoms in total. The Kier molecular flexibility index (Phi) is 9.92. The first kappa shape index (κ1) is 23.5. The molecular formula is C17H21Cl2IN4O3. The summed E-state index contributed by atoms with van der Waals surface area (Å²) in [6.07, 6.45) is -0.819. The number of rotatable bonds is 7. The number of amides is 1. The number of hydrogen-bond donors (Lipinski definition) is 4. The van der Waals surface area contributed by atoms with Crippen molar-refractivity contribution in [2.45, 2.75) is 19.6 Å². The summed E-state index contributed by atoms with van der Waals surface area (Å²) in [5, 5.41) is 17.3. The van der Waals surface area contributed by atoms with E-state index in [2.05, 4.69) is 15.6 Å². The van der Waals surface area contributed by atoms with E-state index >= 15 is 0 Å². The van der Waals surface area contributed by atoms with E-state index in [0.29, 0.717) is 33.9 Å². The molecule has 0 saturated carbocycles. The summed E-state index contributed by atoms with van der Waals surface area (Å²) in [4.78, 5) is 15.4. The summed E-state index contributed by atoms with van der Waals surface area (Å²) in [5.41, 5.74) is 5.75. The highest BCUT2D eigenvalue weighted by Gasteiger charge is 2.11. The molecule has 148 valence electrons. The van der Waals surface area contributed by atoms with Gasteiger partial charge in [-0.15, -0.1) is 24.0 Å². The highest BCUT2D eigenvalue weighted by atomic mass is 127. The van der Waals surface area contributed by atoms with E-state index in [4.69, 9.17) is 33.4 Å². The molecule has 0 fully saturated rings. The fourth-order valence-electron chi connectivity index (χ4n) is 2.17. The summed E-state index contributed by atoms with van der Waals surface area (Å²) < 4.78 is 5.28. The first-order valence-electron chi connectivity index (χ1n) is 7.93. The molecule has 1 aromatic heterocycles. The van der Waals surface area contributed by atoms with Crippen LogP contribution in [0.5, 0.6) is 0 Å². The highest BCUT2D eigenvalue weighted by Crippen LogP contribution is 2.23. The Balaban J connectivity index is 0.00000364. The highest BCUT2D eigenvalue weighted by molar-refractivity contribution is 14.0. The molecule has 1 amide bonds. The molecule has 1 atom stereocenters. The number of primary amides is 1. The number of carbonyl (C=O) groups excluding carboxylic acids is 1. The van der Waals surface area contributed by atoms with Crippen LogP contribution in [-0.2, 0) is 6.54 Å². The Morgan fingerprint density at radius 2 is 1.93 bits per heavy atom. The van der Waals surface area contributed by atoms with Crippen LogP contribution in [0.3, 0.4) is 0 Å². The molecule has 0 spiro atoms. The standard InChI is InChI=1S/C17H20Cl2N4O3.HI/c1-2-21-17(22-8-13-3-4-15(26-13)16(20)25)23-9-14(24)10-5-11(18)7-12(19)6-10;/h3-7,14,24H,2,8-9H2,1H3,(H2,20,25)(H2,21,22,23);1H. The Hall–Kier alpha value is -1.49. The third-order valence-electron chi connectivity index (χ3n) is 3.37. The van der Waals surface area contributed by atoms with Gasteiger partial charge in [0.05, 0.1) is 6.10 Å². The van der Waals surface area contributed by atoms with Crippen molar-refractivity contribution in [2.75, 3.05) is 13.1 Å². The average Bonchev–Trinajstić information content (AvgIpc) is 3.05. The van der Waals surface area contributed by atoms with Gasteiger partial charge >= 0.3 is 0 Å². The molecule has 0 radical (unpaired) electrons. The number of nitrogens with zero attached hydrogens (tertiary/aromatic N) is 1. The van der Waals surface area contributed by atoms with E-state index < -0.39 is 12.0 Å². The molecule has 0 bridgehead atoms. The van der Waals surface area contributed by atoms with E-state index in [1.807, 2.05) is 6.92 Å². The van der Waals surface area contributed by atoms with Crippen LogP contribution in [0.15, 0.2) is 39.7 Å². The van der Waals surface area contributed by atoms with Gasteiger partial charge in [0.15, 0.2) is 11.7 Å². The van der Waals surface area contributed by atoms with E-state index in [9.17, 15) is 9.90 Å². The molecule has 5 N–H and O–H groups in total. The zero-order chi connectivity index (χ0) is 19.1. The third-order valence-corrected chi connectivity index (χ3v) is 3.81. The van der Waals surface area contributed by atoms with Gasteiger partial charge in [-0.25, -0.2) is 4.99 Å². The van der Waals surface area contributed by atoms with Crippen LogP contribution < -0.4 is 16.4 Å². The second-order valence-electron chi connectivity index (χ2n) is 5.42. The molecule has 2 aromatic rings. The summed E-state index contributed by atoms with van der Waals surface area (Å²) in [6.45, 7) is 2.97. The van der Waals surface area contributed by atoms with Crippen LogP contribution in [0, 0.1) is 0 Å². The minimum absolute atomic E-state index is 0. The maximum atomic E-state index is 11.0. The van der Waals surface area contributed by atoms with Crippen molar-refractivity contribution in [1.29, 1.82) is 0 Å². The smallest absolute Gasteiger partial charge is 0.284 e. The number of aliphatic imine (C=N–C) groups is 1. The first-order valence-corrected chi connectivity index (χ1v) is 8.69. The minimum Gasteiger partial charge on any atom is -0.454 e. The fraction of sp³-hybridized carbons (Fsp3) is 0.294. The van der Waals surface area contributed by atoms with Crippen LogP contribution in [0.25, 0.3) is 0 Å². The van der Waals surface area contributed by atoms with Crippen LogP contribution >= 0.6 is 47.2 Å². The summed E-state index contributed by atoms with van der Waals surface area (Å²) >= 11 is 11.9. The van der Waals surface area contributed by atoms with Crippen molar-refractivity contribution in [3.63, 3.8) is 0 Å². The monoisotopic (exact) mass is 526 g/mol. The van der Waals surface area contributed by atoms with Crippen molar-refractivity contribution in [3.05, 3.63) is 57.5 Å². The van der Waals surface area contributed by atoms with Crippen LogP contribution in [-0.4, -0.2) is 30.1 Å². The van der Waals surface area contributed by atoms with Crippen molar-refractivity contribution >= 4 is 59.0 Å². The van der Waals surface area contributed by atoms with Crippen LogP contribution in [0.1, 0.15) is 34.9 Å². The number of aliphatic hydroxyl groups is 1. The maximum Gasteiger partial charge on any atom is 0.284 e. The van der Waals surface area contributed by atoms with Gasteiger partial charge in [-0.3, -0.25) is 4.79 Å². The van der Waals surface area contributed by atoms with Gasteiger partial charge in [0, 0.05) is 23.1 Å².